The molecule has 1 rings (SSSR count). The van der Waals surface area contributed by atoms with Gasteiger partial charge < -0.3 is 16.9 Å². The highest BCUT2D eigenvalue weighted by Crippen LogP contribution is 2.13. The molecule has 0 aromatic carbocycles. The second-order valence-electron chi connectivity index (χ2n) is 2.99. The number of nitrogens with zero attached hydrogens (tertiary/aromatic N) is 1. The van der Waals surface area contributed by atoms with Crippen molar-refractivity contribution in [2.45, 2.75) is 13.3 Å². The van der Waals surface area contributed by atoms with Gasteiger partial charge in [-0.15, -0.1) is 0 Å². The van der Waals surface area contributed by atoms with Crippen LogP contribution in [0, 0.1) is 5.41 Å². The van der Waals surface area contributed by atoms with Crippen LogP contribution in [0.4, 0.5) is 0 Å². The highest BCUT2D eigenvalue weighted by Gasteiger charge is 2.12. The van der Waals surface area contributed by atoms with Crippen LogP contribution in [0.3, 0.4) is 0 Å². The summed E-state index contributed by atoms with van der Waals surface area (Å²) >= 11 is 0. The van der Waals surface area contributed by atoms with E-state index >= 15 is 0 Å². The number of rotatable bonds is 2. The standard InChI is InChI=1S/C9H12N4O/c1-5(14)6-2-7(11)8(4-10)13-9(12)3-6/h2,4,10H,3,11H2,1H3,(H2,12,13). The Bertz CT molecular complexity index is 376. The third-order valence-corrected chi connectivity index (χ3v) is 1.85. The molecule has 0 aromatic rings. The molecule has 0 bridgehead atoms. The zero-order valence-electron chi connectivity index (χ0n) is 7.87. The van der Waals surface area contributed by atoms with E-state index in [9.17, 15) is 4.79 Å². The van der Waals surface area contributed by atoms with Gasteiger partial charge >= 0.3 is 0 Å². The third-order valence-electron chi connectivity index (χ3n) is 1.85. The SMILES string of the molecule is CC(=O)C1=CC(N)=C(C=N)N=C(N)C1. The number of nitrogens with two attached hydrogens (primary N) is 2. The van der Waals surface area contributed by atoms with Crippen molar-refractivity contribution in [3.8, 4) is 0 Å². The van der Waals surface area contributed by atoms with Crippen molar-refractivity contribution in [2.24, 2.45) is 16.5 Å². The van der Waals surface area contributed by atoms with E-state index in [1.807, 2.05) is 0 Å². The maximum absolute atomic E-state index is 11.1. The number of allylic oxidation sites excluding steroid dienone is 2. The molecule has 5 heteroatoms. The maximum atomic E-state index is 11.1. The molecule has 0 amide bonds. The van der Waals surface area contributed by atoms with Crippen LogP contribution in [0.25, 0.3) is 0 Å². The Hall–Kier alpha value is -1.91. The zero-order valence-corrected chi connectivity index (χ0v) is 7.87. The minimum Gasteiger partial charge on any atom is -0.397 e. The fourth-order valence-corrected chi connectivity index (χ4v) is 1.11. The molecule has 5 N–H and O–H groups in total. The van der Waals surface area contributed by atoms with Gasteiger partial charge in [0.2, 0.25) is 0 Å². The number of amidine groups is 1. The number of nitrogens with one attached hydrogen (secondary N) is 1. The first kappa shape index (κ1) is 10.2. The topological polar surface area (TPSA) is 105 Å². The summed E-state index contributed by atoms with van der Waals surface area (Å²) in [6, 6.07) is 0. The van der Waals surface area contributed by atoms with Gasteiger partial charge in [-0.3, -0.25) is 4.79 Å². The molecular formula is C9H12N4O. The van der Waals surface area contributed by atoms with Gasteiger partial charge in [-0.05, 0) is 13.0 Å². The van der Waals surface area contributed by atoms with Gasteiger partial charge in [0.05, 0.1) is 5.70 Å². The van der Waals surface area contributed by atoms with E-state index in [0.29, 0.717) is 22.8 Å². The Balaban J connectivity index is 3.21. The van der Waals surface area contributed by atoms with Gasteiger partial charge in [0.1, 0.15) is 11.5 Å². The van der Waals surface area contributed by atoms with E-state index in [2.05, 4.69) is 4.99 Å². The van der Waals surface area contributed by atoms with Crippen LogP contribution in [-0.2, 0) is 4.79 Å². The minimum absolute atomic E-state index is 0.0858. The Morgan fingerprint density at radius 2 is 2.29 bits per heavy atom. The smallest absolute Gasteiger partial charge is 0.156 e. The highest BCUT2D eigenvalue weighted by atomic mass is 16.1. The Labute approximate surface area is 81.7 Å². The Morgan fingerprint density at radius 1 is 1.64 bits per heavy atom. The van der Waals surface area contributed by atoms with Gasteiger partial charge in [-0.25, -0.2) is 4.99 Å². The molecule has 0 saturated carbocycles. The molecule has 0 fully saturated rings. The number of hydrogen-bond acceptors (Lipinski definition) is 5. The van der Waals surface area contributed by atoms with Crippen LogP contribution in [0.15, 0.2) is 28.0 Å². The van der Waals surface area contributed by atoms with Crippen LogP contribution in [-0.4, -0.2) is 17.8 Å². The molecule has 0 aliphatic carbocycles. The predicted octanol–water partition coefficient (Wildman–Crippen LogP) is 0.0826. The van der Waals surface area contributed by atoms with Crippen molar-refractivity contribution >= 4 is 17.8 Å². The number of Topliss-reactive ketones (excluding diaryl/α,β-unsaturated/α-hetero) is 1. The number of carbonyl (C=O) groups is 1. The van der Waals surface area contributed by atoms with E-state index < -0.39 is 0 Å². The Morgan fingerprint density at radius 3 is 2.79 bits per heavy atom. The molecule has 1 heterocycles. The molecule has 0 aromatic heterocycles. The van der Waals surface area contributed by atoms with Crippen molar-refractivity contribution in [2.75, 3.05) is 0 Å². The predicted molar refractivity (Wildman–Crippen MR) is 55.0 cm³/mol. The van der Waals surface area contributed by atoms with E-state index in [4.69, 9.17) is 16.9 Å². The fraction of sp³-hybridized carbons (Fsp3) is 0.222. The van der Waals surface area contributed by atoms with Crippen molar-refractivity contribution in [1.82, 2.24) is 0 Å². The largest absolute Gasteiger partial charge is 0.397 e. The Kier molecular flexibility index (Phi) is 2.81. The van der Waals surface area contributed by atoms with Crippen LogP contribution in [0.2, 0.25) is 0 Å². The lowest BCUT2D eigenvalue weighted by atomic mass is 10.1. The second-order valence-corrected chi connectivity index (χ2v) is 2.99. The summed E-state index contributed by atoms with van der Waals surface area (Å²) in [5.41, 5.74) is 12.3. The average Bonchev–Trinajstić information content (AvgIpc) is 2.25. The highest BCUT2D eigenvalue weighted by molar-refractivity contribution is 6.01. The number of aliphatic imine (C=N–C) groups is 1. The van der Waals surface area contributed by atoms with Crippen LogP contribution in [0.5, 0.6) is 0 Å². The van der Waals surface area contributed by atoms with Gasteiger partial charge in [0, 0.05) is 18.2 Å². The van der Waals surface area contributed by atoms with Gasteiger partial charge in [-0.2, -0.15) is 0 Å². The number of ketones is 1. The molecule has 14 heavy (non-hydrogen) atoms. The van der Waals surface area contributed by atoms with Crippen molar-refractivity contribution < 1.29 is 4.79 Å². The number of hydrogen-bond donors (Lipinski definition) is 3. The van der Waals surface area contributed by atoms with Crippen LogP contribution in [0.1, 0.15) is 13.3 Å². The first-order chi connectivity index (χ1) is 6.54. The molecule has 0 spiro atoms. The number of carbonyl (C=O) groups excluding carboxylic acids is 1. The fourth-order valence-electron chi connectivity index (χ4n) is 1.11. The molecule has 5 nitrogen and oxygen atoms in total. The normalized spacial score (nSPS) is 16.9. The van der Waals surface area contributed by atoms with Crippen LogP contribution >= 0.6 is 0 Å². The molecule has 1 aliphatic rings. The molecular weight excluding hydrogens is 180 g/mol. The summed E-state index contributed by atoms with van der Waals surface area (Å²) in [6.07, 6.45) is 2.82. The van der Waals surface area contributed by atoms with Gasteiger partial charge in [0.25, 0.3) is 0 Å². The molecule has 0 atom stereocenters. The third kappa shape index (κ3) is 2.07. The molecule has 1 aliphatic heterocycles. The van der Waals surface area contributed by atoms with E-state index in [-0.39, 0.29) is 12.2 Å². The first-order valence-corrected chi connectivity index (χ1v) is 4.09. The minimum atomic E-state index is -0.0858. The van der Waals surface area contributed by atoms with Crippen LogP contribution < -0.4 is 11.5 Å². The summed E-state index contributed by atoms with van der Waals surface area (Å²) < 4.78 is 0. The van der Waals surface area contributed by atoms with Crippen molar-refractivity contribution in [3.63, 3.8) is 0 Å². The summed E-state index contributed by atoms with van der Waals surface area (Å²) in [5.74, 6) is 0.211. The lowest BCUT2D eigenvalue weighted by molar-refractivity contribution is -0.113. The molecule has 0 saturated heterocycles. The first-order valence-electron chi connectivity index (χ1n) is 4.09. The van der Waals surface area contributed by atoms with E-state index in [1.54, 1.807) is 0 Å². The summed E-state index contributed by atoms with van der Waals surface area (Å²) in [5, 5.41) is 7.05. The molecule has 0 unspecified atom stereocenters. The lowest BCUT2D eigenvalue weighted by Gasteiger charge is -1.99. The second kappa shape index (κ2) is 3.87. The van der Waals surface area contributed by atoms with E-state index in [1.165, 1.54) is 13.0 Å². The molecule has 74 valence electrons. The summed E-state index contributed by atoms with van der Waals surface area (Å²) in [7, 11) is 0. The monoisotopic (exact) mass is 192 g/mol. The van der Waals surface area contributed by atoms with Crippen molar-refractivity contribution in [1.29, 1.82) is 5.41 Å². The lowest BCUT2D eigenvalue weighted by Crippen LogP contribution is -2.14. The van der Waals surface area contributed by atoms with E-state index in [0.717, 1.165) is 6.21 Å². The molecule has 0 radical (unpaired) electrons. The maximum Gasteiger partial charge on any atom is 0.156 e. The zero-order chi connectivity index (χ0) is 10.7. The average molecular weight is 192 g/mol. The quantitative estimate of drug-likeness (QED) is 0.539. The van der Waals surface area contributed by atoms with Crippen molar-refractivity contribution in [3.05, 3.63) is 23.0 Å². The summed E-state index contributed by atoms with van der Waals surface area (Å²) in [6.45, 7) is 1.45. The summed E-state index contributed by atoms with van der Waals surface area (Å²) in [4.78, 5) is 15.0. The van der Waals surface area contributed by atoms with Gasteiger partial charge in [0.15, 0.2) is 5.78 Å². The van der Waals surface area contributed by atoms with Gasteiger partial charge in [-0.1, -0.05) is 0 Å².